The molecule has 3 aromatic heterocycles. The summed E-state index contributed by atoms with van der Waals surface area (Å²) in [5, 5.41) is 0. The number of carbonyl (C=O) groups is 1. The van der Waals surface area contributed by atoms with Gasteiger partial charge >= 0.3 is 0 Å². The van der Waals surface area contributed by atoms with Crippen LogP contribution in [-0.2, 0) is 13.0 Å². The highest BCUT2D eigenvalue weighted by molar-refractivity contribution is 5.94. The summed E-state index contributed by atoms with van der Waals surface area (Å²) in [5.74, 6) is 1.40. The first kappa shape index (κ1) is 18.3. The molecule has 1 aliphatic rings. The molecule has 0 N–H and O–H groups in total. The molecule has 1 aliphatic heterocycles. The van der Waals surface area contributed by atoms with Gasteiger partial charge in [-0.3, -0.25) is 14.8 Å². The van der Waals surface area contributed by atoms with E-state index in [1.165, 1.54) is 5.56 Å². The van der Waals surface area contributed by atoms with Gasteiger partial charge in [-0.15, -0.1) is 0 Å². The highest BCUT2D eigenvalue weighted by Gasteiger charge is 2.28. The number of amides is 1. The number of pyridine rings is 2. The first-order valence-corrected chi connectivity index (χ1v) is 9.88. The molecule has 1 fully saturated rings. The minimum absolute atomic E-state index is 0.0917. The van der Waals surface area contributed by atoms with Crippen LogP contribution in [0.3, 0.4) is 0 Å². The monoisotopic (exact) mass is 375 g/mol. The van der Waals surface area contributed by atoms with Gasteiger partial charge in [0.1, 0.15) is 5.82 Å². The highest BCUT2D eigenvalue weighted by atomic mass is 16.2. The number of nitrogens with zero attached hydrogens (tertiary/aromatic N) is 5. The molecule has 0 aromatic carbocycles. The summed E-state index contributed by atoms with van der Waals surface area (Å²) in [7, 11) is 0. The molecule has 0 aliphatic carbocycles. The molecule has 1 saturated heterocycles. The standard InChI is InChI=1S/C22H25N5O/c1-2-20-14-18(7-10-24-20)22(28)27-12-3-4-19(16-27)21-25-11-13-26(21)15-17-5-8-23-9-6-17/h5-11,13-14,19H,2-4,12,15-16H2,1H3. The number of aromatic nitrogens is 4. The third kappa shape index (κ3) is 3.96. The maximum absolute atomic E-state index is 13.0. The number of carbonyl (C=O) groups excluding carboxylic acids is 1. The molecule has 6 heteroatoms. The Kier molecular flexibility index (Phi) is 5.46. The lowest BCUT2D eigenvalue weighted by atomic mass is 9.96. The summed E-state index contributed by atoms with van der Waals surface area (Å²) >= 11 is 0. The average Bonchev–Trinajstić information content (AvgIpc) is 3.22. The van der Waals surface area contributed by atoms with Crippen LogP contribution in [0.5, 0.6) is 0 Å². The molecule has 0 bridgehead atoms. The fourth-order valence-electron chi connectivity index (χ4n) is 3.86. The fraction of sp³-hybridized carbons (Fsp3) is 0.364. The Morgan fingerprint density at radius 1 is 1.14 bits per heavy atom. The molecule has 0 saturated carbocycles. The second-order valence-corrected chi connectivity index (χ2v) is 7.25. The molecule has 28 heavy (non-hydrogen) atoms. The highest BCUT2D eigenvalue weighted by Crippen LogP contribution is 2.27. The predicted octanol–water partition coefficient (Wildman–Crippen LogP) is 3.30. The van der Waals surface area contributed by atoms with Crippen molar-refractivity contribution in [3.8, 4) is 0 Å². The van der Waals surface area contributed by atoms with Crippen molar-refractivity contribution in [3.63, 3.8) is 0 Å². The first-order valence-electron chi connectivity index (χ1n) is 9.88. The normalized spacial score (nSPS) is 16.9. The number of hydrogen-bond donors (Lipinski definition) is 0. The first-order chi connectivity index (χ1) is 13.7. The number of likely N-dealkylation sites (tertiary alicyclic amines) is 1. The molecule has 4 heterocycles. The molecule has 0 radical (unpaired) electrons. The van der Waals surface area contributed by atoms with Crippen molar-refractivity contribution < 1.29 is 4.79 Å². The Morgan fingerprint density at radius 3 is 2.82 bits per heavy atom. The van der Waals surface area contributed by atoms with E-state index in [9.17, 15) is 4.79 Å². The van der Waals surface area contributed by atoms with Gasteiger partial charge in [-0.2, -0.15) is 0 Å². The van der Waals surface area contributed by atoms with Gasteiger partial charge in [0, 0.05) is 67.8 Å². The second-order valence-electron chi connectivity index (χ2n) is 7.25. The largest absolute Gasteiger partial charge is 0.338 e. The SMILES string of the molecule is CCc1cc(C(=O)N2CCCC(c3nccn3Cc3ccncc3)C2)ccn1. The minimum atomic E-state index is 0.0917. The van der Waals surface area contributed by atoms with Crippen LogP contribution in [0.4, 0.5) is 0 Å². The number of aryl methyl sites for hydroxylation is 1. The molecule has 6 nitrogen and oxygen atoms in total. The summed E-state index contributed by atoms with van der Waals surface area (Å²) in [5.41, 5.74) is 2.88. The average molecular weight is 375 g/mol. The van der Waals surface area contributed by atoms with Crippen molar-refractivity contribution >= 4 is 5.91 Å². The van der Waals surface area contributed by atoms with Crippen molar-refractivity contribution in [2.24, 2.45) is 0 Å². The summed E-state index contributed by atoms with van der Waals surface area (Å²) in [6, 6.07) is 7.77. The van der Waals surface area contributed by atoms with E-state index in [-0.39, 0.29) is 11.8 Å². The molecule has 1 amide bonds. The maximum Gasteiger partial charge on any atom is 0.253 e. The third-order valence-electron chi connectivity index (χ3n) is 5.35. The summed E-state index contributed by atoms with van der Waals surface area (Å²) in [6.45, 7) is 4.32. The van der Waals surface area contributed by atoms with E-state index < -0.39 is 0 Å². The Balaban J connectivity index is 1.50. The quantitative estimate of drug-likeness (QED) is 0.686. The van der Waals surface area contributed by atoms with Gasteiger partial charge in [0.25, 0.3) is 5.91 Å². The lowest BCUT2D eigenvalue weighted by Gasteiger charge is -2.33. The van der Waals surface area contributed by atoms with Gasteiger partial charge in [0.05, 0.1) is 0 Å². The zero-order chi connectivity index (χ0) is 19.3. The van der Waals surface area contributed by atoms with Crippen molar-refractivity contribution in [1.82, 2.24) is 24.4 Å². The van der Waals surface area contributed by atoms with E-state index in [2.05, 4.69) is 26.4 Å². The Bertz CT molecular complexity index is 937. The van der Waals surface area contributed by atoms with Gasteiger partial charge in [-0.1, -0.05) is 6.92 Å². The van der Waals surface area contributed by atoms with Crippen LogP contribution in [0.2, 0.25) is 0 Å². The van der Waals surface area contributed by atoms with E-state index in [4.69, 9.17) is 0 Å². The van der Waals surface area contributed by atoms with Gasteiger partial charge in [-0.05, 0) is 49.1 Å². The molecule has 4 rings (SSSR count). The zero-order valence-electron chi connectivity index (χ0n) is 16.2. The van der Waals surface area contributed by atoms with E-state index in [1.807, 2.05) is 54.0 Å². The number of piperidine rings is 1. The Hall–Kier alpha value is -3.02. The molecular weight excluding hydrogens is 350 g/mol. The number of rotatable bonds is 5. The van der Waals surface area contributed by atoms with Gasteiger partial charge in [0.15, 0.2) is 0 Å². The van der Waals surface area contributed by atoms with Crippen molar-refractivity contribution in [2.45, 2.75) is 38.6 Å². The van der Waals surface area contributed by atoms with Crippen molar-refractivity contribution in [1.29, 1.82) is 0 Å². The molecule has 3 aromatic rings. The van der Waals surface area contributed by atoms with E-state index in [0.717, 1.165) is 49.4 Å². The summed E-state index contributed by atoms with van der Waals surface area (Å²) in [6.07, 6.45) is 12.1. The van der Waals surface area contributed by atoms with E-state index >= 15 is 0 Å². The fourth-order valence-corrected chi connectivity index (χ4v) is 3.86. The molecular formula is C22H25N5O. The van der Waals surface area contributed by atoms with Gasteiger partial charge in [-0.25, -0.2) is 4.98 Å². The number of imidazole rings is 1. The number of hydrogen-bond acceptors (Lipinski definition) is 4. The Morgan fingerprint density at radius 2 is 2.00 bits per heavy atom. The van der Waals surface area contributed by atoms with Gasteiger partial charge < -0.3 is 9.47 Å². The lowest BCUT2D eigenvalue weighted by Crippen LogP contribution is -2.39. The molecule has 1 atom stereocenters. The zero-order valence-corrected chi connectivity index (χ0v) is 16.2. The van der Waals surface area contributed by atoms with E-state index in [1.54, 1.807) is 6.20 Å². The summed E-state index contributed by atoms with van der Waals surface area (Å²) < 4.78 is 2.19. The van der Waals surface area contributed by atoms with Gasteiger partial charge in [0.2, 0.25) is 0 Å². The second kappa shape index (κ2) is 8.33. The van der Waals surface area contributed by atoms with Crippen LogP contribution < -0.4 is 0 Å². The smallest absolute Gasteiger partial charge is 0.253 e. The van der Waals surface area contributed by atoms with Crippen LogP contribution in [-0.4, -0.2) is 43.4 Å². The minimum Gasteiger partial charge on any atom is -0.338 e. The topological polar surface area (TPSA) is 63.9 Å². The predicted molar refractivity (Wildman–Crippen MR) is 107 cm³/mol. The van der Waals surface area contributed by atoms with Crippen LogP contribution in [0.1, 0.15) is 53.1 Å². The molecule has 1 unspecified atom stereocenters. The third-order valence-corrected chi connectivity index (χ3v) is 5.35. The summed E-state index contributed by atoms with van der Waals surface area (Å²) in [4.78, 5) is 28.0. The van der Waals surface area contributed by atoms with Crippen molar-refractivity contribution in [3.05, 3.63) is 77.9 Å². The lowest BCUT2D eigenvalue weighted by molar-refractivity contribution is 0.0703. The van der Waals surface area contributed by atoms with Crippen LogP contribution in [0, 0.1) is 0 Å². The van der Waals surface area contributed by atoms with E-state index in [0.29, 0.717) is 6.54 Å². The Labute approximate surface area is 165 Å². The van der Waals surface area contributed by atoms with Crippen LogP contribution in [0.15, 0.2) is 55.2 Å². The van der Waals surface area contributed by atoms with Crippen LogP contribution in [0.25, 0.3) is 0 Å². The molecule has 0 spiro atoms. The molecule has 144 valence electrons. The van der Waals surface area contributed by atoms with Crippen molar-refractivity contribution in [2.75, 3.05) is 13.1 Å². The maximum atomic E-state index is 13.0. The van der Waals surface area contributed by atoms with Crippen LogP contribution >= 0.6 is 0 Å².